The molecule has 1 saturated heterocycles. The largest absolute Gasteiger partial charge is 0.497 e. The Morgan fingerprint density at radius 2 is 1.58 bits per heavy atom. The van der Waals surface area contributed by atoms with Crippen molar-refractivity contribution >= 4 is 53.9 Å². The van der Waals surface area contributed by atoms with E-state index in [4.69, 9.17) is 24.7 Å². The molecule has 1 aliphatic heterocycles. The van der Waals surface area contributed by atoms with Crippen LogP contribution in [0.1, 0.15) is 52.0 Å². The van der Waals surface area contributed by atoms with E-state index in [1.54, 1.807) is 50.6 Å². The van der Waals surface area contributed by atoms with Crippen molar-refractivity contribution in [1.82, 2.24) is 9.80 Å². The summed E-state index contributed by atoms with van der Waals surface area (Å²) in [5, 5.41) is 2.87. The van der Waals surface area contributed by atoms with Gasteiger partial charge in [0.2, 0.25) is 0 Å². The molecule has 0 spiro atoms. The molecule has 1 fully saturated rings. The number of ether oxygens (including phenoxy) is 4. The zero-order valence-corrected chi connectivity index (χ0v) is 32.2. The SMILES string of the molecule is COc1ccc(C(=O)Nc2ccc(C(=O)N(C)c3ccc(C)cc3OCCCCC(=C=O)N3CCN(C)CC3)cc2OC)c(OCCCN)c1.Cl.Cl. The first-order chi connectivity index (χ1) is 24.2. The highest BCUT2D eigenvalue weighted by molar-refractivity contribution is 6.09. The molecule has 3 aromatic carbocycles. The number of unbranched alkanes of at least 4 members (excludes halogenated alkanes) is 1. The van der Waals surface area contributed by atoms with Crippen LogP contribution in [-0.4, -0.2) is 102 Å². The van der Waals surface area contributed by atoms with Crippen LogP contribution >= 0.6 is 24.8 Å². The highest BCUT2D eigenvalue weighted by Crippen LogP contribution is 2.33. The monoisotopic (exact) mass is 759 g/mol. The average Bonchev–Trinajstić information content (AvgIpc) is 3.13. The van der Waals surface area contributed by atoms with Gasteiger partial charge in [0.05, 0.1) is 50.1 Å². The molecule has 0 radical (unpaired) electrons. The van der Waals surface area contributed by atoms with Gasteiger partial charge >= 0.3 is 0 Å². The third kappa shape index (κ3) is 11.8. The minimum Gasteiger partial charge on any atom is -0.497 e. The van der Waals surface area contributed by atoms with E-state index in [-0.39, 0.29) is 30.7 Å². The average molecular weight is 761 g/mol. The topological polar surface area (TPSA) is 136 Å². The lowest BCUT2D eigenvalue weighted by Gasteiger charge is -2.34. The predicted octanol–water partition coefficient (Wildman–Crippen LogP) is 5.62. The molecule has 3 aromatic rings. The lowest BCUT2D eigenvalue weighted by atomic mass is 10.1. The normalized spacial score (nSPS) is 12.4. The fourth-order valence-corrected chi connectivity index (χ4v) is 5.56. The van der Waals surface area contributed by atoms with Crippen molar-refractivity contribution in [3.63, 3.8) is 0 Å². The summed E-state index contributed by atoms with van der Waals surface area (Å²) in [4.78, 5) is 44.6. The molecular weight excluding hydrogens is 709 g/mol. The van der Waals surface area contributed by atoms with Crippen LogP contribution in [0.15, 0.2) is 60.3 Å². The molecule has 1 heterocycles. The Morgan fingerprint density at radius 1 is 0.865 bits per heavy atom. The van der Waals surface area contributed by atoms with Gasteiger partial charge in [0.1, 0.15) is 28.9 Å². The molecule has 284 valence electrons. The second kappa shape index (κ2) is 21.8. The lowest BCUT2D eigenvalue weighted by molar-refractivity contribution is 0.0990. The molecule has 12 nitrogen and oxygen atoms in total. The van der Waals surface area contributed by atoms with E-state index in [0.29, 0.717) is 78.1 Å². The molecule has 0 saturated carbocycles. The Morgan fingerprint density at radius 3 is 2.25 bits per heavy atom. The van der Waals surface area contributed by atoms with Crippen LogP contribution in [0, 0.1) is 6.92 Å². The van der Waals surface area contributed by atoms with Crippen molar-refractivity contribution in [2.75, 3.05) is 84.5 Å². The fraction of sp³-hybridized carbons (Fsp3) is 0.421. The quantitative estimate of drug-likeness (QED) is 0.132. The van der Waals surface area contributed by atoms with Crippen LogP contribution in [0.3, 0.4) is 0 Å². The molecule has 3 N–H and O–H groups in total. The number of amides is 2. The van der Waals surface area contributed by atoms with Gasteiger partial charge in [-0.3, -0.25) is 9.59 Å². The second-order valence-electron chi connectivity index (χ2n) is 12.2. The Kier molecular flexibility index (Phi) is 18.3. The summed E-state index contributed by atoms with van der Waals surface area (Å²) in [6, 6.07) is 15.5. The number of carbonyl (C=O) groups is 2. The van der Waals surface area contributed by atoms with Crippen LogP contribution in [0.25, 0.3) is 0 Å². The van der Waals surface area contributed by atoms with Gasteiger partial charge < -0.3 is 44.7 Å². The summed E-state index contributed by atoms with van der Waals surface area (Å²) in [6.45, 7) is 6.75. The Bertz CT molecular complexity index is 1680. The highest BCUT2D eigenvalue weighted by atomic mass is 35.5. The Labute approximate surface area is 319 Å². The van der Waals surface area contributed by atoms with Gasteiger partial charge in [0, 0.05) is 44.9 Å². The van der Waals surface area contributed by atoms with Crippen LogP contribution < -0.4 is 34.9 Å². The number of nitrogens with two attached hydrogens (primary N) is 1. The number of hydrogen-bond donors (Lipinski definition) is 2. The number of likely N-dealkylation sites (N-methyl/N-ethyl adjacent to an activating group) is 1. The third-order valence-corrected chi connectivity index (χ3v) is 8.59. The first-order valence-electron chi connectivity index (χ1n) is 16.9. The summed E-state index contributed by atoms with van der Waals surface area (Å²) in [5.41, 5.74) is 9.00. The van der Waals surface area contributed by atoms with Gasteiger partial charge in [-0.15, -0.1) is 24.8 Å². The van der Waals surface area contributed by atoms with Gasteiger partial charge in [-0.25, -0.2) is 4.79 Å². The van der Waals surface area contributed by atoms with Crippen LogP contribution in [0.4, 0.5) is 11.4 Å². The molecule has 0 bridgehead atoms. The van der Waals surface area contributed by atoms with Gasteiger partial charge in [0.25, 0.3) is 11.8 Å². The fourth-order valence-electron chi connectivity index (χ4n) is 5.56. The Balaban J connectivity index is 0.00000468. The predicted molar refractivity (Wildman–Crippen MR) is 209 cm³/mol. The maximum Gasteiger partial charge on any atom is 0.259 e. The number of methoxy groups -OCH3 is 2. The number of piperazine rings is 1. The van der Waals surface area contributed by atoms with E-state index in [2.05, 4.69) is 28.1 Å². The van der Waals surface area contributed by atoms with E-state index in [0.717, 1.165) is 50.3 Å². The number of nitrogens with one attached hydrogen (secondary N) is 1. The molecule has 2 amide bonds. The molecule has 0 atom stereocenters. The van der Waals surface area contributed by atoms with Crippen molar-refractivity contribution in [3.8, 4) is 23.0 Å². The van der Waals surface area contributed by atoms with Crippen LogP contribution in [0.5, 0.6) is 23.0 Å². The summed E-state index contributed by atoms with van der Waals surface area (Å²) in [6.07, 6.45) is 2.81. The van der Waals surface area contributed by atoms with Gasteiger partial charge in [-0.05, 0) is 94.2 Å². The van der Waals surface area contributed by atoms with Gasteiger partial charge in [0.15, 0.2) is 0 Å². The molecule has 4 rings (SSSR count). The van der Waals surface area contributed by atoms with Crippen LogP contribution in [0.2, 0.25) is 0 Å². The van der Waals surface area contributed by atoms with E-state index in [1.165, 1.54) is 12.0 Å². The first-order valence-corrected chi connectivity index (χ1v) is 16.9. The number of anilines is 2. The van der Waals surface area contributed by atoms with Crippen molar-refractivity contribution < 1.29 is 33.3 Å². The molecule has 14 heteroatoms. The molecule has 1 aliphatic rings. The molecule has 0 unspecified atom stereocenters. The van der Waals surface area contributed by atoms with Crippen molar-refractivity contribution in [2.45, 2.75) is 32.6 Å². The van der Waals surface area contributed by atoms with Crippen LogP contribution in [-0.2, 0) is 4.79 Å². The summed E-state index contributed by atoms with van der Waals surface area (Å²) >= 11 is 0. The molecule has 0 aromatic heterocycles. The van der Waals surface area contributed by atoms with E-state index < -0.39 is 5.91 Å². The Hall–Kier alpha value is -4.45. The minimum atomic E-state index is -0.413. The number of halogens is 2. The zero-order valence-electron chi connectivity index (χ0n) is 30.6. The summed E-state index contributed by atoms with van der Waals surface area (Å²) in [5.74, 6) is 3.27. The number of rotatable bonds is 17. The molecular formula is C38H51Cl2N5O7. The van der Waals surface area contributed by atoms with E-state index >= 15 is 0 Å². The number of carbonyl (C=O) groups excluding carboxylic acids is 3. The lowest BCUT2D eigenvalue weighted by Crippen LogP contribution is -2.44. The number of nitrogens with zero attached hydrogens (tertiary/aromatic N) is 3. The number of aryl methyl sites for hydroxylation is 1. The maximum atomic E-state index is 13.7. The molecule has 52 heavy (non-hydrogen) atoms. The first kappa shape index (κ1) is 43.7. The van der Waals surface area contributed by atoms with E-state index in [9.17, 15) is 14.4 Å². The summed E-state index contributed by atoms with van der Waals surface area (Å²) in [7, 11) is 6.79. The minimum absolute atomic E-state index is 0. The zero-order chi connectivity index (χ0) is 36.0. The smallest absolute Gasteiger partial charge is 0.259 e. The second-order valence-corrected chi connectivity index (χ2v) is 12.2. The summed E-state index contributed by atoms with van der Waals surface area (Å²) < 4.78 is 22.9. The van der Waals surface area contributed by atoms with Crippen molar-refractivity contribution in [3.05, 3.63) is 77.0 Å². The number of allylic oxidation sites excluding steroid dienone is 1. The standard InChI is InChI=1S/C38H49N5O7.2ClH/c1-27-10-15-33(36(23-27)50-21-7-6-9-29(26-44)43-19-17-41(2)18-20-43)42(3)38(46)28-11-14-32(35(24-28)48-5)40-37(45)31-13-12-30(47-4)25-34(31)49-22-8-16-39;;/h10-15,23-25H,6-9,16-22,39H2,1-5H3,(H,40,45);2*1H. The highest BCUT2D eigenvalue weighted by Gasteiger charge is 2.22. The van der Waals surface area contributed by atoms with Crippen molar-refractivity contribution in [1.29, 1.82) is 0 Å². The van der Waals surface area contributed by atoms with E-state index in [1.807, 2.05) is 25.1 Å². The van der Waals surface area contributed by atoms with Crippen molar-refractivity contribution in [2.24, 2.45) is 5.73 Å². The molecule has 0 aliphatic carbocycles. The van der Waals surface area contributed by atoms with Gasteiger partial charge in [-0.2, -0.15) is 0 Å². The third-order valence-electron chi connectivity index (χ3n) is 8.59. The van der Waals surface area contributed by atoms with Gasteiger partial charge in [-0.1, -0.05) is 6.07 Å². The number of benzene rings is 3. The number of hydrogen-bond acceptors (Lipinski definition) is 10. The maximum absolute atomic E-state index is 13.7.